The number of unbranched alkanes of at least 4 members (excludes halogenated alkanes) is 7. The largest absolute Gasteiger partial charge is 0.443 e. The van der Waals surface area contributed by atoms with Crippen molar-refractivity contribution < 1.29 is 13.9 Å². The summed E-state index contributed by atoms with van der Waals surface area (Å²) in [6.07, 6.45) is 10.3. The molecule has 0 aliphatic heterocycles. The molecular formula is C23H34FNO2. The number of ether oxygens (including phenoxy) is 1. The molecule has 0 radical (unpaired) electrons. The van der Waals surface area contributed by atoms with E-state index in [0.717, 1.165) is 30.3 Å². The van der Waals surface area contributed by atoms with E-state index in [-0.39, 0.29) is 5.82 Å². The summed E-state index contributed by atoms with van der Waals surface area (Å²) in [5.41, 5.74) is 1.04. The SMILES string of the molecule is CCCCCCCCCCc1cc2cc(F)ccc2n1C(=O)OC(C)(C)C. The zero-order chi connectivity index (χ0) is 19.9. The molecule has 1 aromatic heterocycles. The highest BCUT2D eigenvalue weighted by Gasteiger charge is 2.22. The van der Waals surface area contributed by atoms with Crippen LogP contribution in [0.4, 0.5) is 9.18 Å². The van der Waals surface area contributed by atoms with Crippen LogP contribution in [0.3, 0.4) is 0 Å². The minimum Gasteiger partial charge on any atom is -0.443 e. The number of halogens is 1. The first-order chi connectivity index (χ1) is 12.8. The average Bonchev–Trinajstić information content (AvgIpc) is 2.93. The van der Waals surface area contributed by atoms with E-state index in [2.05, 4.69) is 6.92 Å². The van der Waals surface area contributed by atoms with Crippen LogP contribution in [0.15, 0.2) is 24.3 Å². The van der Waals surface area contributed by atoms with Gasteiger partial charge in [-0.05, 0) is 57.9 Å². The summed E-state index contributed by atoms with van der Waals surface area (Å²) < 4.78 is 20.8. The van der Waals surface area contributed by atoms with Gasteiger partial charge in [0.15, 0.2) is 0 Å². The Labute approximate surface area is 162 Å². The Morgan fingerprint density at radius 2 is 1.63 bits per heavy atom. The van der Waals surface area contributed by atoms with E-state index in [9.17, 15) is 9.18 Å². The first kappa shape index (κ1) is 21.5. The molecule has 2 aromatic rings. The Morgan fingerprint density at radius 1 is 1.00 bits per heavy atom. The van der Waals surface area contributed by atoms with E-state index in [1.165, 1.54) is 50.7 Å². The summed E-state index contributed by atoms with van der Waals surface area (Å²) in [5, 5.41) is 0.746. The third-order valence-electron chi connectivity index (χ3n) is 4.70. The highest BCUT2D eigenvalue weighted by Crippen LogP contribution is 2.24. The number of fused-ring (bicyclic) bond motifs is 1. The van der Waals surface area contributed by atoms with Gasteiger partial charge in [0.1, 0.15) is 11.4 Å². The van der Waals surface area contributed by atoms with Gasteiger partial charge in [-0.25, -0.2) is 13.8 Å². The maximum absolute atomic E-state index is 13.6. The Hall–Kier alpha value is -1.84. The number of rotatable bonds is 9. The monoisotopic (exact) mass is 375 g/mol. The smallest absolute Gasteiger partial charge is 0.419 e. The van der Waals surface area contributed by atoms with Crippen molar-refractivity contribution in [2.75, 3.05) is 0 Å². The van der Waals surface area contributed by atoms with Gasteiger partial charge in [-0.3, -0.25) is 0 Å². The van der Waals surface area contributed by atoms with Crippen molar-refractivity contribution in [2.45, 2.75) is 91.1 Å². The van der Waals surface area contributed by atoms with Crippen molar-refractivity contribution in [2.24, 2.45) is 0 Å². The molecule has 0 fully saturated rings. The van der Waals surface area contributed by atoms with Gasteiger partial charge >= 0.3 is 6.09 Å². The van der Waals surface area contributed by atoms with Crippen LogP contribution in [0.1, 0.15) is 84.8 Å². The lowest BCUT2D eigenvalue weighted by Gasteiger charge is -2.21. The van der Waals surface area contributed by atoms with E-state index < -0.39 is 11.7 Å². The molecule has 4 heteroatoms. The lowest BCUT2D eigenvalue weighted by Crippen LogP contribution is -2.28. The Morgan fingerprint density at radius 3 is 2.26 bits per heavy atom. The second-order valence-electron chi connectivity index (χ2n) is 8.38. The number of aromatic nitrogens is 1. The topological polar surface area (TPSA) is 31.2 Å². The molecule has 0 saturated carbocycles. The highest BCUT2D eigenvalue weighted by molar-refractivity contribution is 5.91. The summed E-state index contributed by atoms with van der Waals surface area (Å²) in [6.45, 7) is 7.80. The Kier molecular flexibility index (Phi) is 7.88. The normalized spacial score (nSPS) is 11.9. The summed E-state index contributed by atoms with van der Waals surface area (Å²) in [4.78, 5) is 12.7. The van der Waals surface area contributed by atoms with Crippen LogP contribution in [-0.2, 0) is 11.2 Å². The molecule has 0 amide bonds. The standard InChI is InChI=1S/C23H34FNO2/c1-5-6-7-8-9-10-11-12-13-20-17-18-16-19(24)14-15-21(18)25(20)22(26)27-23(2,3)4/h14-17H,5-13H2,1-4H3. The number of aryl methyl sites for hydroxylation is 1. The molecular weight excluding hydrogens is 341 g/mol. The molecule has 0 bridgehead atoms. The molecule has 0 aliphatic carbocycles. The average molecular weight is 376 g/mol. The number of hydrogen-bond donors (Lipinski definition) is 0. The number of benzene rings is 1. The van der Waals surface area contributed by atoms with Crippen LogP contribution in [-0.4, -0.2) is 16.3 Å². The molecule has 0 spiro atoms. The third-order valence-corrected chi connectivity index (χ3v) is 4.70. The first-order valence-electron chi connectivity index (χ1n) is 10.3. The molecule has 0 N–H and O–H groups in total. The fourth-order valence-corrected chi connectivity index (χ4v) is 3.39. The van der Waals surface area contributed by atoms with Gasteiger partial charge in [0.05, 0.1) is 5.52 Å². The van der Waals surface area contributed by atoms with Crippen LogP contribution >= 0.6 is 0 Å². The molecule has 0 saturated heterocycles. The molecule has 0 aliphatic rings. The van der Waals surface area contributed by atoms with Crippen molar-refractivity contribution in [3.63, 3.8) is 0 Å². The number of carbonyl (C=O) groups excluding carboxylic acids is 1. The van der Waals surface area contributed by atoms with Gasteiger partial charge in [0, 0.05) is 11.1 Å². The van der Waals surface area contributed by atoms with Crippen molar-refractivity contribution >= 4 is 17.0 Å². The summed E-state index contributed by atoms with van der Waals surface area (Å²) >= 11 is 0. The summed E-state index contributed by atoms with van der Waals surface area (Å²) in [5.74, 6) is -0.289. The minimum atomic E-state index is -0.566. The second kappa shape index (κ2) is 9.91. The van der Waals surface area contributed by atoms with Crippen LogP contribution in [0.2, 0.25) is 0 Å². The molecule has 0 unspecified atom stereocenters. The maximum atomic E-state index is 13.6. The highest BCUT2D eigenvalue weighted by atomic mass is 19.1. The predicted molar refractivity (Wildman–Crippen MR) is 110 cm³/mol. The zero-order valence-electron chi connectivity index (χ0n) is 17.3. The third kappa shape index (κ3) is 6.67. The molecule has 2 rings (SSSR count). The molecule has 150 valence electrons. The molecule has 0 atom stereocenters. The summed E-state index contributed by atoms with van der Waals surface area (Å²) in [6, 6.07) is 6.45. The lowest BCUT2D eigenvalue weighted by molar-refractivity contribution is 0.0540. The van der Waals surface area contributed by atoms with Gasteiger partial charge in [-0.15, -0.1) is 0 Å². The molecule has 3 nitrogen and oxygen atoms in total. The molecule has 1 aromatic carbocycles. The quantitative estimate of drug-likeness (QED) is 0.432. The van der Waals surface area contributed by atoms with E-state index in [1.807, 2.05) is 26.8 Å². The van der Waals surface area contributed by atoms with Crippen molar-refractivity contribution in [3.05, 3.63) is 35.8 Å². The van der Waals surface area contributed by atoms with Crippen LogP contribution in [0.25, 0.3) is 10.9 Å². The van der Waals surface area contributed by atoms with Crippen molar-refractivity contribution in [1.82, 2.24) is 4.57 Å². The molecule has 1 heterocycles. The zero-order valence-corrected chi connectivity index (χ0v) is 17.3. The van der Waals surface area contributed by atoms with Crippen LogP contribution in [0, 0.1) is 5.82 Å². The number of hydrogen-bond acceptors (Lipinski definition) is 2. The maximum Gasteiger partial charge on any atom is 0.419 e. The van der Waals surface area contributed by atoms with Gasteiger partial charge in [0.25, 0.3) is 0 Å². The Balaban J connectivity index is 2.04. The van der Waals surface area contributed by atoms with E-state index in [4.69, 9.17) is 4.74 Å². The van der Waals surface area contributed by atoms with Crippen LogP contribution < -0.4 is 0 Å². The van der Waals surface area contributed by atoms with Crippen molar-refractivity contribution in [3.8, 4) is 0 Å². The predicted octanol–water partition coefficient (Wildman–Crippen LogP) is 7.25. The van der Waals surface area contributed by atoms with Crippen molar-refractivity contribution in [1.29, 1.82) is 0 Å². The summed E-state index contributed by atoms with van der Waals surface area (Å²) in [7, 11) is 0. The first-order valence-corrected chi connectivity index (χ1v) is 10.3. The van der Waals surface area contributed by atoms with Crippen LogP contribution in [0.5, 0.6) is 0 Å². The van der Waals surface area contributed by atoms with Gasteiger partial charge in [-0.1, -0.05) is 51.9 Å². The fraction of sp³-hybridized carbons (Fsp3) is 0.609. The Bertz CT molecular complexity index is 743. The van der Waals surface area contributed by atoms with E-state index in [0.29, 0.717) is 5.52 Å². The fourth-order valence-electron chi connectivity index (χ4n) is 3.39. The molecule has 27 heavy (non-hydrogen) atoms. The number of nitrogens with zero attached hydrogens (tertiary/aromatic N) is 1. The van der Waals surface area contributed by atoms with E-state index in [1.54, 1.807) is 10.6 Å². The lowest BCUT2D eigenvalue weighted by atomic mass is 10.1. The number of carbonyl (C=O) groups is 1. The van der Waals surface area contributed by atoms with Gasteiger partial charge in [0.2, 0.25) is 0 Å². The van der Waals surface area contributed by atoms with E-state index >= 15 is 0 Å². The van der Waals surface area contributed by atoms with Gasteiger partial charge < -0.3 is 4.74 Å². The van der Waals surface area contributed by atoms with Gasteiger partial charge in [-0.2, -0.15) is 0 Å². The second-order valence-corrected chi connectivity index (χ2v) is 8.38. The minimum absolute atomic E-state index is 0.289.